The van der Waals surface area contributed by atoms with Crippen LogP contribution in [0.4, 0.5) is 4.39 Å². The average Bonchev–Trinajstić information content (AvgIpc) is 2.75. The summed E-state index contributed by atoms with van der Waals surface area (Å²) in [6, 6.07) is 10.1. The van der Waals surface area contributed by atoms with Crippen LogP contribution in [-0.2, 0) is 6.42 Å². The molecule has 0 bridgehead atoms. The monoisotopic (exact) mass is 234 g/mol. The van der Waals surface area contributed by atoms with Crippen molar-refractivity contribution >= 4 is 0 Å². The Bertz CT molecular complexity index is 478. The molecule has 0 fully saturated rings. The number of furan rings is 1. The van der Waals surface area contributed by atoms with Crippen LogP contribution in [0.25, 0.3) is 0 Å². The lowest BCUT2D eigenvalue weighted by Crippen LogP contribution is -2.29. The van der Waals surface area contributed by atoms with Gasteiger partial charge in [0.15, 0.2) is 0 Å². The second kappa shape index (κ2) is 5.12. The van der Waals surface area contributed by atoms with E-state index in [0.717, 1.165) is 17.1 Å². The molecule has 0 saturated heterocycles. The van der Waals surface area contributed by atoms with Crippen LogP contribution in [-0.4, -0.2) is 0 Å². The van der Waals surface area contributed by atoms with Crippen LogP contribution in [0, 0.1) is 12.7 Å². The zero-order valence-corrected chi connectivity index (χ0v) is 9.61. The number of hydrazine groups is 1. The van der Waals surface area contributed by atoms with Crippen LogP contribution in [0.3, 0.4) is 0 Å². The van der Waals surface area contributed by atoms with E-state index in [2.05, 4.69) is 5.43 Å². The number of hydrogen-bond donors (Lipinski definition) is 2. The molecule has 0 radical (unpaired) electrons. The Hall–Kier alpha value is -1.65. The molecule has 0 aliphatic rings. The molecule has 1 heterocycles. The molecule has 1 aromatic heterocycles. The van der Waals surface area contributed by atoms with E-state index in [-0.39, 0.29) is 11.9 Å². The minimum absolute atomic E-state index is 0.103. The Morgan fingerprint density at radius 1 is 1.24 bits per heavy atom. The maximum Gasteiger partial charge on any atom is 0.123 e. The summed E-state index contributed by atoms with van der Waals surface area (Å²) < 4.78 is 18.3. The number of hydrogen-bond acceptors (Lipinski definition) is 3. The van der Waals surface area contributed by atoms with Gasteiger partial charge in [0.25, 0.3) is 0 Å². The van der Waals surface area contributed by atoms with E-state index in [0.29, 0.717) is 6.42 Å². The molecule has 3 nitrogen and oxygen atoms in total. The maximum absolute atomic E-state index is 12.8. The minimum Gasteiger partial charge on any atom is -0.465 e. The first kappa shape index (κ1) is 11.8. The molecule has 2 rings (SSSR count). The predicted octanol–water partition coefficient (Wildman–Crippen LogP) is 2.47. The smallest absolute Gasteiger partial charge is 0.123 e. The van der Waals surface area contributed by atoms with Gasteiger partial charge >= 0.3 is 0 Å². The van der Waals surface area contributed by atoms with Crippen molar-refractivity contribution in [1.29, 1.82) is 0 Å². The van der Waals surface area contributed by atoms with Gasteiger partial charge in [-0.2, -0.15) is 0 Å². The molecule has 2 aromatic rings. The van der Waals surface area contributed by atoms with Crippen LogP contribution >= 0.6 is 0 Å². The normalized spacial score (nSPS) is 12.6. The second-order valence-corrected chi connectivity index (χ2v) is 4.00. The van der Waals surface area contributed by atoms with Gasteiger partial charge in [0, 0.05) is 0 Å². The van der Waals surface area contributed by atoms with E-state index in [1.165, 1.54) is 12.1 Å². The molecular weight excluding hydrogens is 219 g/mol. The van der Waals surface area contributed by atoms with Crippen molar-refractivity contribution in [2.45, 2.75) is 19.4 Å². The van der Waals surface area contributed by atoms with Gasteiger partial charge in [-0.25, -0.2) is 9.82 Å². The van der Waals surface area contributed by atoms with E-state index < -0.39 is 0 Å². The fraction of sp³-hybridized carbons (Fsp3) is 0.231. The van der Waals surface area contributed by atoms with E-state index in [4.69, 9.17) is 10.3 Å². The van der Waals surface area contributed by atoms with Gasteiger partial charge < -0.3 is 4.42 Å². The van der Waals surface area contributed by atoms with Gasteiger partial charge in [-0.05, 0) is 43.2 Å². The summed E-state index contributed by atoms with van der Waals surface area (Å²) in [4.78, 5) is 0. The Kier molecular flexibility index (Phi) is 3.56. The molecule has 0 saturated carbocycles. The maximum atomic E-state index is 12.8. The molecule has 0 aliphatic heterocycles. The van der Waals surface area contributed by atoms with Crippen LogP contribution in [0.15, 0.2) is 40.8 Å². The number of nitrogens with one attached hydrogen (secondary N) is 1. The van der Waals surface area contributed by atoms with E-state index in [9.17, 15) is 4.39 Å². The Morgan fingerprint density at radius 2 is 1.94 bits per heavy atom. The lowest BCUT2D eigenvalue weighted by atomic mass is 10.0. The highest BCUT2D eigenvalue weighted by Gasteiger charge is 2.14. The summed E-state index contributed by atoms with van der Waals surface area (Å²) in [6.07, 6.45) is 0.656. The summed E-state index contributed by atoms with van der Waals surface area (Å²) in [5, 5.41) is 0. The fourth-order valence-corrected chi connectivity index (χ4v) is 1.74. The molecule has 1 aromatic carbocycles. The first-order chi connectivity index (χ1) is 8.19. The molecule has 90 valence electrons. The summed E-state index contributed by atoms with van der Waals surface area (Å²) in [5.41, 5.74) is 3.71. The summed E-state index contributed by atoms with van der Waals surface area (Å²) in [6.45, 7) is 1.88. The Labute approximate surface area is 99.4 Å². The van der Waals surface area contributed by atoms with Gasteiger partial charge in [-0.3, -0.25) is 5.84 Å². The van der Waals surface area contributed by atoms with Crippen molar-refractivity contribution in [2.24, 2.45) is 5.84 Å². The topological polar surface area (TPSA) is 51.2 Å². The molecule has 1 atom stereocenters. The molecule has 0 amide bonds. The molecule has 4 heteroatoms. The quantitative estimate of drug-likeness (QED) is 0.631. The van der Waals surface area contributed by atoms with Crippen molar-refractivity contribution in [3.05, 3.63) is 59.3 Å². The Morgan fingerprint density at radius 3 is 2.47 bits per heavy atom. The summed E-state index contributed by atoms with van der Waals surface area (Å²) in [7, 11) is 0. The third-order valence-electron chi connectivity index (χ3n) is 2.66. The highest BCUT2D eigenvalue weighted by molar-refractivity contribution is 5.20. The number of rotatable bonds is 4. The first-order valence-electron chi connectivity index (χ1n) is 5.46. The SMILES string of the molecule is Cc1ccc(C(Cc2ccc(F)cc2)NN)o1. The second-order valence-electron chi connectivity index (χ2n) is 4.00. The van der Waals surface area contributed by atoms with Crippen molar-refractivity contribution in [2.75, 3.05) is 0 Å². The van der Waals surface area contributed by atoms with Crippen LogP contribution in [0.1, 0.15) is 23.1 Å². The van der Waals surface area contributed by atoms with E-state index >= 15 is 0 Å². The Balaban J connectivity index is 2.12. The molecule has 0 spiro atoms. The molecule has 17 heavy (non-hydrogen) atoms. The zero-order valence-electron chi connectivity index (χ0n) is 9.61. The van der Waals surface area contributed by atoms with Crippen LogP contribution in [0.5, 0.6) is 0 Å². The van der Waals surface area contributed by atoms with E-state index in [1.54, 1.807) is 12.1 Å². The van der Waals surface area contributed by atoms with Gasteiger partial charge in [-0.15, -0.1) is 0 Å². The predicted molar refractivity (Wildman–Crippen MR) is 63.6 cm³/mol. The van der Waals surface area contributed by atoms with Crippen LogP contribution < -0.4 is 11.3 Å². The number of halogens is 1. The van der Waals surface area contributed by atoms with Crippen molar-refractivity contribution < 1.29 is 8.81 Å². The fourth-order valence-electron chi connectivity index (χ4n) is 1.74. The number of aryl methyl sites for hydroxylation is 1. The highest BCUT2D eigenvalue weighted by Crippen LogP contribution is 2.20. The van der Waals surface area contributed by atoms with Crippen molar-refractivity contribution in [3.63, 3.8) is 0 Å². The van der Waals surface area contributed by atoms with Gasteiger partial charge in [-0.1, -0.05) is 12.1 Å². The molecule has 3 N–H and O–H groups in total. The number of benzene rings is 1. The van der Waals surface area contributed by atoms with Crippen molar-refractivity contribution in [3.8, 4) is 0 Å². The average molecular weight is 234 g/mol. The van der Waals surface area contributed by atoms with Gasteiger partial charge in [0.2, 0.25) is 0 Å². The summed E-state index contributed by atoms with van der Waals surface area (Å²) >= 11 is 0. The molecular formula is C13H15FN2O. The van der Waals surface area contributed by atoms with E-state index in [1.807, 2.05) is 19.1 Å². The van der Waals surface area contributed by atoms with Crippen LogP contribution in [0.2, 0.25) is 0 Å². The van der Waals surface area contributed by atoms with Crippen molar-refractivity contribution in [1.82, 2.24) is 5.43 Å². The standard InChI is InChI=1S/C13H15FN2O/c1-9-2-7-13(17-9)12(16-15)8-10-3-5-11(14)6-4-10/h2-7,12,16H,8,15H2,1H3. The third kappa shape index (κ3) is 2.93. The van der Waals surface area contributed by atoms with Gasteiger partial charge in [0.1, 0.15) is 17.3 Å². The van der Waals surface area contributed by atoms with Gasteiger partial charge in [0.05, 0.1) is 6.04 Å². The zero-order chi connectivity index (χ0) is 12.3. The lowest BCUT2D eigenvalue weighted by molar-refractivity contribution is 0.403. The summed E-state index contributed by atoms with van der Waals surface area (Å²) in [5.74, 6) is 6.90. The first-order valence-corrected chi connectivity index (χ1v) is 5.46. The largest absolute Gasteiger partial charge is 0.465 e. The molecule has 0 aliphatic carbocycles. The molecule has 1 unspecified atom stereocenters. The highest BCUT2D eigenvalue weighted by atomic mass is 19.1. The third-order valence-corrected chi connectivity index (χ3v) is 2.66. The minimum atomic E-state index is -0.236. The lowest BCUT2D eigenvalue weighted by Gasteiger charge is -2.13. The number of nitrogens with two attached hydrogens (primary N) is 1.